The van der Waals surface area contributed by atoms with Gasteiger partial charge in [-0.05, 0) is 64.0 Å². The highest BCUT2D eigenvalue weighted by molar-refractivity contribution is 5.99. The van der Waals surface area contributed by atoms with E-state index in [9.17, 15) is 9.59 Å². The number of hydrogen-bond acceptors (Lipinski definition) is 5. The van der Waals surface area contributed by atoms with Crippen molar-refractivity contribution in [3.8, 4) is 0 Å². The Morgan fingerprint density at radius 1 is 1.29 bits per heavy atom. The molecule has 1 aromatic heterocycles. The SMILES string of the molecule is CCN(C(=O)OC)c1ccc2c(c1)/C(=C/c1cn(C)cn1)CCN2C(=O)OC(C)(C)C. The van der Waals surface area contributed by atoms with Crippen LogP contribution in [0.3, 0.4) is 0 Å². The van der Waals surface area contributed by atoms with Crippen molar-refractivity contribution in [1.82, 2.24) is 9.55 Å². The fraction of sp³-hybridized carbons (Fsp3) is 0.435. The third-order valence-corrected chi connectivity index (χ3v) is 4.91. The number of imidazole rings is 1. The van der Waals surface area contributed by atoms with Crippen LogP contribution in [0, 0.1) is 0 Å². The summed E-state index contributed by atoms with van der Waals surface area (Å²) in [5.74, 6) is 0. The molecule has 166 valence electrons. The van der Waals surface area contributed by atoms with E-state index in [0.29, 0.717) is 25.2 Å². The molecule has 0 unspecified atom stereocenters. The van der Waals surface area contributed by atoms with Crippen LogP contribution in [0.1, 0.15) is 45.4 Å². The second-order valence-electron chi connectivity index (χ2n) is 8.43. The van der Waals surface area contributed by atoms with Crippen LogP contribution in [0.4, 0.5) is 21.0 Å². The highest BCUT2D eigenvalue weighted by atomic mass is 16.6. The molecule has 0 saturated carbocycles. The number of amides is 2. The molecule has 0 spiro atoms. The molecule has 3 rings (SSSR count). The minimum absolute atomic E-state index is 0.390. The zero-order chi connectivity index (χ0) is 22.8. The van der Waals surface area contributed by atoms with E-state index in [4.69, 9.17) is 9.47 Å². The van der Waals surface area contributed by atoms with Crippen molar-refractivity contribution in [2.45, 2.75) is 39.7 Å². The maximum atomic E-state index is 12.9. The van der Waals surface area contributed by atoms with Gasteiger partial charge in [0.15, 0.2) is 0 Å². The Balaban J connectivity index is 2.08. The fourth-order valence-electron chi connectivity index (χ4n) is 3.54. The molecule has 1 aliphatic rings. The summed E-state index contributed by atoms with van der Waals surface area (Å²) in [6.07, 6.45) is 5.51. The van der Waals surface area contributed by atoms with Crippen LogP contribution in [0.25, 0.3) is 11.6 Å². The number of nitrogens with zero attached hydrogens (tertiary/aromatic N) is 4. The Morgan fingerprint density at radius 3 is 2.61 bits per heavy atom. The first-order valence-electron chi connectivity index (χ1n) is 10.3. The summed E-state index contributed by atoms with van der Waals surface area (Å²) < 4.78 is 12.4. The number of carbonyl (C=O) groups is 2. The van der Waals surface area contributed by atoms with Gasteiger partial charge in [-0.3, -0.25) is 9.80 Å². The largest absolute Gasteiger partial charge is 0.452 e. The van der Waals surface area contributed by atoms with Gasteiger partial charge in [0.1, 0.15) is 5.60 Å². The minimum Gasteiger partial charge on any atom is -0.452 e. The van der Waals surface area contributed by atoms with Gasteiger partial charge in [-0.15, -0.1) is 0 Å². The van der Waals surface area contributed by atoms with Gasteiger partial charge < -0.3 is 14.0 Å². The number of anilines is 2. The van der Waals surface area contributed by atoms with E-state index in [0.717, 1.165) is 22.5 Å². The predicted octanol–water partition coefficient (Wildman–Crippen LogP) is 4.70. The molecule has 0 saturated heterocycles. The van der Waals surface area contributed by atoms with Crippen molar-refractivity contribution < 1.29 is 19.1 Å². The third kappa shape index (κ3) is 5.07. The topological polar surface area (TPSA) is 76.9 Å². The minimum atomic E-state index is -0.592. The summed E-state index contributed by atoms with van der Waals surface area (Å²) in [6, 6.07) is 5.59. The second-order valence-corrected chi connectivity index (χ2v) is 8.43. The Morgan fingerprint density at radius 2 is 2.03 bits per heavy atom. The summed E-state index contributed by atoms with van der Waals surface area (Å²) in [6.45, 7) is 8.38. The normalized spacial score (nSPS) is 14.9. The highest BCUT2D eigenvalue weighted by Crippen LogP contribution is 2.39. The molecule has 0 radical (unpaired) electrons. The van der Waals surface area contributed by atoms with Crippen molar-refractivity contribution in [2.75, 3.05) is 30.0 Å². The van der Waals surface area contributed by atoms with Crippen molar-refractivity contribution in [2.24, 2.45) is 7.05 Å². The molecule has 31 heavy (non-hydrogen) atoms. The Kier molecular flexibility index (Phi) is 6.38. The molecule has 8 heteroatoms. The van der Waals surface area contributed by atoms with Crippen LogP contribution >= 0.6 is 0 Å². The monoisotopic (exact) mass is 426 g/mol. The number of rotatable bonds is 3. The first kappa shape index (κ1) is 22.4. The molecule has 0 aliphatic carbocycles. The maximum absolute atomic E-state index is 12.9. The van der Waals surface area contributed by atoms with Gasteiger partial charge >= 0.3 is 12.2 Å². The zero-order valence-electron chi connectivity index (χ0n) is 19.0. The van der Waals surface area contributed by atoms with Gasteiger partial charge in [0.2, 0.25) is 0 Å². The number of ether oxygens (including phenoxy) is 2. The lowest BCUT2D eigenvalue weighted by Gasteiger charge is -2.33. The Bertz CT molecular complexity index is 1000. The van der Waals surface area contributed by atoms with Crippen LogP contribution in [-0.4, -0.2) is 47.5 Å². The fourth-order valence-corrected chi connectivity index (χ4v) is 3.54. The highest BCUT2D eigenvalue weighted by Gasteiger charge is 2.30. The number of benzene rings is 1. The molecule has 2 aromatic rings. The van der Waals surface area contributed by atoms with Crippen molar-refractivity contribution in [3.05, 3.63) is 42.0 Å². The summed E-state index contributed by atoms with van der Waals surface area (Å²) in [5, 5.41) is 0. The van der Waals surface area contributed by atoms with Crippen molar-refractivity contribution >= 4 is 35.2 Å². The van der Waals surface area contributed by atoms with E-state index in [1.807, 2.05) is 69.8 Å². The number of fused-ring (bicyclic) bond motifs is 1. The van der Waals surface area contributed by atoms with Crippen LogP contribution < -0.4 is 9.80 Å². The number of methoxy groups -OCH3 is 1. The molecule has 0 fully saturated rings. The first-order valence-corrected chi connectivity index (χ1v) is 10.3. The smallest absolute Gasteiger partial charge is 0.414 e. The van der Waals surface area contributed by atoms with E-state index in [1.165, 1.54) is 7.11 Å². The molecule has 2 amide bonds. The second kappa shape index (κ2) is 8.83. The quantitative estimate of drug-likeness (QED) is 0.711. The summed E-state index contributed by atoms with van der Waals surface area (Å²) in [4.78, 5) is 32.7. The first-order chi connectivity index (χ1) is 14.6. The molecule has 1 aromatic carbocycles. The lowest BCUT2D eigenvalue weighted by Crippen LogP contribution is -2.39. The zero-order valence-corrected chi connectivity index (χ0v) is 19.0. The molecular weight excluding hydrogens is 396 g/mol. The molecular formula is C23H30N4O4. The lowest BCUT2D eigenvalue weighted by molar-refractivity contribution is 0.0580. The average molecular weight is 427 g/mol. The van der Waals surface area contributed by atoms with Gasteiger partial charge in [0.05, 0.1) is 24.8 Å². The average Bonchev–Trinajstić information content (AvgIpc) is 3.11. The molecule has 2 heterocycles. The van der Waals surface area contributed by atoms with E-state index in [2.05, 4.69) is 4.98 Å². The predicted molar refractivity (Wildman–Crippen MR) is 121 cm³/mol. The number of aromatic nitrogens is 2. The van der Waals surface area contributed by atoms with Gasteiger partial charge in [-0.1, -0.05) is 0 Å². The van der Waals surface area contributed by atoms with E-state index in [-0.39, 0.29) is 0 Å². The third-order valence-electron chi connectivity index (χ3n) is 4.91. The van der Waals surface area contributed by atoms with Gasteiger partial charge in [-0.2, -0.15) is 0 Å². The Hall–Kier alpha value is -3.29. The standard InChI is InChI=1S/C23H30N4O4/c1-7-26(21(28)30-6)18-8-9-20-19(13-18)16(12-17-14-25(5)15-24-17)10-11-27(20)22(29)31-23(2,3)4/h8-9,12-15H,7,10-11H2,1-6H3/b16-12+. The molecule has 8 nitrogen and oxygen atoms in total. The number of carbonyl (C=O) groups excluding carboxylic acids is 2. The van der Waals surface area contributed by atoms with Crippen LogP contribution in [0.15, 0.2) is 30.7 Å². The number of hydrogen-bond donors (Lipinski definition) is 0. The van der Waals surface area contributed by atoms with Gasteiger partial charge in [-0.25, -0.2) is 14.6 Å². The van der Waals surface area contributed by atoms with E-state index >= 15 is 0 Å². The van der Waals surface area contributed by atoms with Gasteiger partial charge in [0, 0.05) is 37.6 Å². The number of aryl methyl sites for hydroxylation is 1. The van der Waals surface area contributed by atoms with Crippen LogP contribution in [0.2, 0.25) is 0 Å². The summed E-state index contributed by atoms with van der Waals surface area (Å²) >= 11 is 0. The molecule has 0 atom stereocenters. The van der Waals surface area contributed by atoms with E-state index < -0.39 is 17.8 Å². The molecule has 0 N–H and O–H groups in total. The Labute approximate surface area is 183 Å². The summed E-state index contributed by atoms with van der Waals surface area (Å²) in [7, 11) is 3.28. The van der Waals surface area contributed by atoms with Crippen molar-refractivity contribution in [3.63, 3.8) is 0 Å². The molecule has 1 aliphatic heterocycles. The lowest BCUT2D eigenvalue weighted by atomic mass is 9.94. The van der Waals surface area contributed by atoms with E-state index in [1.54, 1.807) is 16.1 Å². The van der Waals surface area contributed by atoms with Crippen LogP contribution in [-0.2, 0) is 16.5 Å². The van der Waals surface area contributed by atoms with Gasteiger partial charge in [0.25, 0.3) is 0 Å². The maximum Gasteiger partial charge on any atom is 0.414 e. The molecule has 0 bridgehead atoms. The summed E-state index contributed by atoms with van der Waals surface area (Å²) in [5.41, 5.74) is 3.59. The van der Waals surface area contributed by atoms with Crippen molar-refractivity contribution in [1.29, 1.82) is 0 Å². The van der Waals surface area contributed by atoms with Crippen LogP contribution in [0.5, 0.6) is 0 Å².